The van der Waals surface area contributed by atoms with Gasteiger partial charge in [-0.3, -0.25) is 0 Å². The lowest BCUT2D eigenvalue weighted by Crippen LogP contribution is -2.27. The van der Waals surface area contributed by atoms with Crippen molar-refractivity contribution in [2.75, 3.05) is 18.0 Å². The minimum absolute atomic E-state index is 0.308. The van der Waals surface area contributed by atoms with Crippen molar-refractivity contribution in [3.8, 4) is 0 Å². The van der Waals surface area contributed by atoms with Crippen molar-refractivity contribution in [1.82, 2.24) is 9.97 Å². The molecule has 106 valence electrons. The van der Waals surface area contributed by atoms with Crippen LogP contribution in [0.2, 0.25) is 5.15 Å². The van der Waals surface area contributed by atoms with Gasteiger partial charge >= 0.3 is 0 Å². The van der Waals surface area contributed by atoms with Gasteiger partial charge in [0.15, 0.2) is 0 Å². The molecule has 2 rings (SSSR count). The highest BCUT2D eigenvalue weighted by molar-refractivity contribution is 6.29. The Balaban J connectivity index is 2.24. The van der Waals surface area contributed by atoms with E-state index >= 15 is 0 Å². The lowest BCUT2D eigenvalue weighted by Gasteiger charge is -2.27. The Hall–Kier alpha value is -0.830. The Labute approximate surface area is 121 Å². The fourth-order valence-corrected chi connectivity index (χ4v) is 2.99. The molecule has 0 saturated carbocycles. The topological polar surface area (TPSA) is 29.0 Å². The molecule has 1 aromatic rings. The van der Waals surface area contributed by atoms with E-state index in [1.54, 1.807) is 0 Å². The molecule has 0 atom stereocenters. The van der Waals surface area contributed by atoms with E-state index in [2.05, 4.69) is 42.6 Å². The number of rotatable bonds is 4. The van der Waals surface area contributed by atoms with Gasteiger partial charge in [0.05, 0.1) is 0 Å². The van der Waals surface area contributed by atoms with Crippen LogP contribution in [0, 0.1) is 5.41 Å². The van der Waals surface area contributed by atoms with Crippen LogP contribution in [0.5, 0.6) is 0 Å². The van der Waals surface area contributed by atoms with E-state index in [-0.39, 0.29) is 0 Å². The van der Waals surface area contributed by atoms with Crippen LogP contribution in [0.15, 0.2) is 6.07 Å². The second-order valence-corrected chi connectivity index (χ2v) is 6.33. The molecule has 0 N–H and O–H groups in total. The predicted octanol–water partition coefficient (Wildman–Crippen LogP) is 4.27. The molecule has 1 aliphatic heterocycles. The lowest BCUT2D eigenvalue weighted by molar-refractivity contribution is 0.301. The third-order valence-electron chi connectivity index (χ3n) is 4.48. The van der Waals surface area contributed by atoms with Gasteiger partial charge in [-0.1, -0.05) is 39.3 Å². The molecule has 19 heavy (non-hydrogen) atoms. The van der Waals surface area contributed by atoms with Crippen LogP contribution >= 0.6 is 11.6 Å². The summed E-state index contributed by atoms with van der Waals surface area (Å²) >= 11 is 6.13. The number of halogens is 1. The summed E-state index contributed by atoms with van der Waals surface area (Å²) in [5, 5.41) is 0.555. The summed E-state index contributed by atoms with van der Waals surface area (Å²) in [6.07, 6.45) is 3.71. The van der Waals surface area contributed by atoms with Crippen molar-refractivity contribution in [2.45, 2.75) is 52.9 Å². The quantitative estimate of drug-likeness (QED) is 0.772. The molecule has 0 aliphatic carbocycles. The van der Waals surface area contributed by atoms with Gasteiger partial charge in [0.1, 0.15) is 16.8 Å². The number of hydrogen-bond donors (Lipinski definition) is 0. The molecule has 1 aromatic heterocycles. The standard InChI is InChI=1S/C15H24ClN3/c1-5-15(6-2)7-8-19(10-15)13-9-12(16)17-14(18-13)11(3)4/h9,11H,5-8,10H2,1-4H3. The van der Waals surface area contributed by atoms with E-state index in [0.29, 0.717) is 16.5 Å². The summed E-state index contributed by atoms with van der Waals surface area (Å²) in [5.74, 6) is 2.14. The molecule has 0 bridgehead atoms. The molecule has 4 heteroatoms. The lowest BCUT2D eigenvalue weighted by atomic mass is 9.82. The summed E-state index contributed by atoms with van der Waals surface area (Å²) in [5.41, 5.74) is 0.454. The minimum atomic E-state index is 0.308. The normalized spacial score (nSPS) is 18.3. The van der Waals surface area contributed by atoms with E-state index in [9.17, 15) is 0 Å². The summed E-state index contributed by atoms with van der Waals surface area (Å²) in [7, 11) is 0. The Morgan fingerprint density at radius 2 is 2.00 bits per heavy atom. The third kappa shape index (κ3) is 3.02. The maximum Gasteiger partial charge on any atom is 0.135 e. The van der Waals surface area contributed by atoms with Crippen LogP contribution in [0.25, 0.3) is 0 Å². The number of aromatic nitrogens is 2. The molecule has 1 saturated heterocycles. The van der Waals surface area contributed by atoms with Gasteiger partial charge in [-0.2, -0.15) is 0 Å². The smallest absolute Gasteiger partial charge is 0.135 e. The summed E-state index contributed by atoms with van der Waals surface area (Å²) < 4.78 is 0. The molecular weight excluding hydrogens is 258 g/mol. The van der Waals surface area contributed by atoms with Crippen LogP contribution in [0.1, 0.15) is 58.7 Å². The van der Waals surface area contributed by atoms with Gasteiger partial charge < -0.3 is 4.90 Å². The molecule has 3 nitrogen and oxygen atoms in total. The van der Waals surface area contributed by atoms with Crippen molar-refractivity contribution in [3.05, 3.63) is 17.0 Å². The fraction of sp³-hybridized carbons (Fsp3) is 0.733. The first kappa shape index (κ1) is 14.6. The van der Waals surface area contributed by atoms with Crippen molar-refractivity contribution in [3.63, 3.8) is 0 Å². The van der Waals surface area contributed by atoms with E-state index in [1.165, 1.54) is 19.3 Å². The number of nitrogens with zero attached hydrogens (tertiary/aromatic N) is 3. The highest BCUT2D eigenvalue weighted by atomic mass is 35.5. The van der Waals surface area contributed by atoms with E-state index < -0.39 is 0 Å². The zero-order valence-electron chi connectivity index (χ0n) is 12.4. The van der Waals surface area contributed by atoms with Crippen LogP contribution in [-0.2, 0) is 0 Å². The SMILES string of the molecule is CCC1(CC)CCN(c2cc(Cl)nc(C(C)C)n2)C1. The van der Waals surface area contributed by atoms with Crippen LogP contribution in [0.3, 0.4) is 0 Å². The average molecular weight is 282 g/mol. The third-order valence-corrected chi connectivity index (χ3v) is 4.67. The van der Waals surface area contributed by atoms with Gasteiger partial charge in [-0.15, -0.1) is 0 Å². The van der Waals surface area contributed by atoms with Crippen LogP contribution in [0.4, 0.5) is 5.82 Å². The van der Waals surface area contributed by atoms with E-state index in [4.69, 9.17) is 11.6 Å². The molecule has 1 fully saturated rings. The van der Waals surface area contributed by atoms with Crippen molar-refractivity contribution in [2.24, 2.45) is 5.41 Å². The zero-order chi connectivity index (χ0) is 14.0. The molecule has 0 amide bonds. The Morgan fingerprint density at radius 1 is 1.32 bits per heavy atom. The largest absolute Gasteiger partial charge is 0.356 e. The van der Waals surface area contributed by atoms with Crippen molar-refractivity contribution < 1.29 is 0 Å². The monoisotopic (exact) mass is 281 g/mol. The van der Waals surface area contributed by atoms with Gasteiger partial charge in [-0.25, -0.2) is 9.97 Å². The van der Waals surface area contributed by atoms with E-state index in [0.717, 1.165) is 24.7 Å². The Morgan fingerprint density at radius 3 is 2.53 bits per heavy atom. The van der Waals surface area contributed by atoms with Crippen molar-refractivity contribution >= 4 is 17.4 Å². The van der Waals surface area contributed by atoms with Crippen molar-refractivity contribution in [1.29, 1.82) is 0 Å². The van der Waals surface area contributed by atoms with Gasteiger partial charge in [0, 0.05) is 25.1 Å². The molecular formula is C15H24ClN3. The summed E-state index contributed by atoms with van der Waals surface area (Å²) in [4.78, 5) is 11.4. The molecule has 1 aliphatic rings. The summed E-state index contributed by atoms with van der Waals surface area (Å²) in [6.45, 7) is 10.9. The summed E-state index contributed by atoms with van der Waals surface area (Å²) in [6, 6.07) is 1.90. The minimum Gasteiger partial charge on any atom is -0.356 e. The Kier molecular flexibility index (Phi) is 4.34. The predicted molar refractivity (Wildman–Crippen MR) is 81.0 cm³/mol. The van der Waals surface area contributed by atoms with Crippen LogP contribution in [-0.4, -0.2) is 23.1 Å². The van der Waals surface area contributed by atoms with Gasteiger partial charge in [0.2, 0.25) is 0 Å². The first-order valence-electron chi connectivity index (χ1n) is 7.29. The maximum absolute atomic E-state index is 6.13. The first-order chi connectivity index (χ1) is 8.99. The highest BCUT2D eigenvalue weighted by Gasteiger charge is 2.35. The fourth-order valence-electron chi connectivity index (χ4n) is 2.80. The number of hydrogen-bond acceptors (Lipinski definition) is 3. The first-order valence-corrected chi connectivity index (χ1v) is 7.67. The Bertz CT molecular complexity index is 441. The maximum atomic E-state index is 6.13. The average Bonchev–Trinajstić information content (AvgIpc) is 2.83. The molecule has 0 radical (unpaired) electrons. The molecule has 2 heterocycles. The number of anilines is 1. The molecule has 0 unspecified atom stereocenters. The van der Waals surface area contributed by atoms with Gasteiger partial charge in [-0.05, 0) is 24.7 Å². The molecule has 0 spiro atoms. The van der Waals surface area contributed by atoms with Gasteiger partial charge in [0.25, 0.3) is 0 Å². The second kappa shape index (κ2) is 5.66. The van der Waals surface area contributed by atoms with E-state index in [1.807, 2.05) is 6.07 Å². The molecule has 0 aromatic carbocycles. The highest BCUT2D eigenvalue weighted by Crippen LogP contribution is 2.38. The zero-order valence-corrected chi connectivity index (χ0v) is 13.2. The second-order valence-electron chi connectivity index (χ2n) is 5.94. The van der Waals surface area contributed by atoms with Crippen LogP contribution < -0.4 is 4.90 Å².